The molecule has 42 heavy (non-hydrogen) atoms. The molecule has 0 heterocycles. The van der Waals surface area contributed by atoms with Gasteiger partial charge in [0.2, 0.25) is 0 Å². The first kappa shape index (κ1) is 32.7. The van der Waals surface area contributed by atoms with Gasteiger partial charge in [-0.3, -0.25) is 0 Å². The van der Waals surface area contributed by atoms with Crippen LogP contribution in [0.5, 0.6) is 0 Å². The van der Waals surface area contributed by atoms with Crippen LogP contribution in [0.1, 0.15) is 82.2 Å². The summed E-state index contributed by atoms with van der Waals surface area (Å²) in [5.41, 5.74) is 17.8. The Balaban J connectivity index is 0.00000202. The number of fused-ring (bicyclic) bond motifs is 2. The monoisotopic (exact) mass is 668 g/mol. The average Bonchev–Trinajstić information content (AvgIpc) is 3.47. The maximum atomic E-state index is 2.57. The van der Waals surface area contributed by atoms with E-state index in [2.05, 4.69) is 146 Å². The maximum absolute atomic E-state index is 2.57. The van der Waals surface area contributed by atoms with Crippen LogP contribution in [0.15, 0.2) is 96.1 Å². The molecule has 3 heteroatoms. The molecule has 0 radical (unpaired) electrons. The molecule has 4 aromatic carbocycles. The number of aryl methyl sites for hydroxylation is 1. The van der Waals surface area contributed by atoms with Crippen LogP contribution in [0.2, 0.25) is 0 Å². The van der Waals surface area contributed by atoms with E-state index in [-0.39, 0.29) is 30.2 Å². The Bertz CT molecular complexity index is 1640. The van der Waals surface area contributed by atoms with E-state index in [4.69, 9.17) is 0 Å². The van der Waals surface area contributed by atoms with Gasteiger partial charge in [0, 0.05) is 0 Å². The summed E-state index contributed by atoms with van der Waals surface area (Å²) in [6.45, 7) is 16.4. The minimum absolute atomic E-state index is 0. The van der Waals surface area contributed by atoms with Gasteiger partial charge in [-0.2, -0.15) is 0 Å². The summed E-state index contributed by atoms with van der Waals surface area (Å²) < 4.78 is 1.21. The predicted octanol–water partition coefficient (Wildman–Crippen LogP) is 4.97. The van der Waals surface area contributed by atoms with Gasteiger partial charge in [-0.05, 0) is 0 Å². The molecular weight excluding hydrogens is 631 g/mol. The normalized spacial score (nSPS) is 17.0. The topological polar surface area (TPSA) is 0 Å². The van der Waals surface area contributed by atoms with Gasteiger partial charge < -0.3 is 24.8 Å². The first-order valence-corrected chi connectivity index (χ1v) is 17.6. The van der Waals surface area contributed by atoms with E-state index in [9.17, 15) is 0 Å². The minimum Gasteiger partial charge on any atom is -1.00 e. The van der Waals surface area contributed by atoms with Crippen LogP contribution in [-0.2, 0) is 28.6 Å². The molecule has 0 amide bonds. The van der Waals surface area contributed by atoms with E-state index in [0.29, 0.717) is 13.2 Å². The van der Waals surface area contributed by atoms with Crippen molar-refractivity contribution in [3.8, 4) is 22.3 Å². The molecule has 0 bridgehead atoms. The molecular formula is C39H40Cl2Zr. The van der Waals surface area contributed by atoms with E-state index in [1.165, 1.54) is 44.5 Å². The molecule has 4 aromatic rings. The van der Waals surface area contributed by atoms with Crippen molar-refractivity contribution in [2.45, 2.75) is 61.1 Å². The fourth-order valence-corrected chi connectivity index (χ4v) is 12.2. The third-order valence-electron chi connectivity index (χ3n) is 8.86. The number of allylic oxidation sites excluding steroid dienone is 2. The predicted molar refractivity (Wildman–Crippen MR) is 169 cm³/mol. The quantitative estimate of drug-likeness (QED) is 0.282. The molecule has 0 fully saturated rings. The number of halogens is 2. The molecule has 2 unspecified atom stereocenters. The van der Waals surface area contributed by atoms with Crippen molar-refractivity contribution in [3.63, 3.8) is 0 Å². The van der Waals surface area contributed by atoms with Crippen molar-refractivity contribution < 1.29 is 48.0 Å². The fourth-order valence-electron chi connectivity index (χ4n) is 6.59. The summed E-state index contributed by atoms with van der Waals surface area (Å²) in [6.07, 6.45) is 5.08. The van der Waals surface area contributed by atoms with Gasteiger partial charge in [0.25, 0.3) is 0 Å². The number of hydrogen-bond acceptors (Lipinski definition) is 0. The van der Waals surface area contributed by atoms with Crippen LogP contribution in [0.25, 0.3) is 34.4 Å². The first-order chi connectivity index (χ1) is 19.1. The van der Waals surface area contributed by atoms with Crippen LogP contribution in [0.3, 0.4) is 0 Å². The van der Waals surface area contributed by atoms with Gasteiger partial charge in [0.15, 0.2) is 0 Å². The van der Waals surface area contributed by atoms with E-state index >= 15 is 0 Å². The van der Waals surface area contributed by atoms with Crippen molar-refractivity contribution >= 4 is 12.2 Å². The van der Waals surface area contributed by atoms with Gasteiger partial charge in [-0.15, -0.1) is 0 Å². The Hall–Kier alpha value is -2.18. The van der Waals surface area contributed by atoms with Crippen LogP contribution in [-0.4, -0.2) is 0 Å². The molecule has 0 saturated heterocycles. The number of hydrogen-bond donors (Lipinski definition) is 0. The summed E-state index contributed by atoms with van der Waals surface area (Å²) >= 11 is -0.944. The van der Waals surface area contributed by atoms with Crippen molar-refractivity contribution in [2.75, 3.05) is 0 Å². The summed E-state index contributed by atoms with van der Waals surface area (Å²) in [4.78, 5) is 0. The number of rotatable bonds is 5. The molecule has 214 valence electrons. The van der Waals surface area contributed by atoms with E-state index < -0.39 is 23.2 Å². The van der Waals surface area contributed by atoms with Crippen LogP contribution in [0.4, 0.5) is 0 Å². The Kier molecular flexibility index (Phi) is 9.99. The van der Waals surface area contributed by atoms with Crippen molar-refractivity contribution in [2.24, 2.45) is 5.92 Å². The molecule has 0 aliphatic heterocycles. The second-order valence-electron chi connectivity index (χ2n) is 13.0. The van der Waals surface area contributed by atoms with Crippen LogP contribution in [0, 0.1) is 12.8 Å². The summed E-state index contributed by atoms with van der Waals surface area (Å²) in [6, 6.07) is 32.0. The van der Waals surface area contributed by atoms with E-state index in [0.717, 1.165) is 0 Å². The standard InChI is InChI=1S/C22H25.C17H15.2ClH.Zr/c1-15(2)18-13-17-7-6-8-20(21(17)14-18)16-9-11-19(12-10-16)22(3,4)5;1-12-10-16-13(2)8-9-15(17(16)11-12)14-6-4-3-5-7-14;;;/h6-15H,1-5H3;3-11H,1-2H3;2*1H;/q;;;;+2/p-2. The van der Waals surface area contributed by atoms with E-state index in [1.807, 2.05) is 0 Å². The SMILES string of the molecule is CC1=Cc2c(-c3ccccc3)ccc(C)c2[CH]1[Zr+2][CH]1C(C(C)C)=Cc2c(-c3ccc(C(C)(C)C)cc3)cccc21.[Cl-].[Cl-]. The molecule has 0 aromatic heterocycles. The summed E-state index contributed by atoms with van der Waals surface area (Å²) in [5, 5.41) is 0. The zero-order chi connectivity index (χ0) is 28.2. The van der Waals surface area contributed by atoms with Crippen molar-refractivity contribution in [1.29, 1.82) is 0 Å². The second kappa shape index (κ2) is 12.8. The van der Waals surface area contributed by atoms with Gasteiger partial charge in [-0.25, -0.2) is 0 Å². The Morgan fingerprint density at radius 2 is 1.29 bits per heavy atom. The molecule has 0 N–H and O–H groups in total. The summed E-state index contributed by atoms with van der Waals surface area (Å²) in [5.74, 6) is 0.552. The molecule has 0 nitrogen and oxygen atoms in total. The molecule has 0 spiro atoms. The molecule has 6 rings (SSSR count). The zero-order valence-corrected chi connectivity index (χ0v) is 29.7. The van der Waals surface area contributed by atoms with Crippen LogP contribution < -0.4 is 24.8 Å². The van der Waals surface area contributed by atoms with E-state index in [1.54, 1.807) is 22.3 Å². The maximum Gasteiger partial charge on any atom is -1.00 e. The second-order valence-corrected chi connectivity index (χ2v) is 16.6. The Morgan fingerprint density at radius 1 is 0.643 bits per heavy atom. The smallest absolute Gasteiger partial charge is 1.00 e. The van der Waals surface area contributed by atoms with Gasteiger partial charge in [0.05, 0.1) is 0 Å². The van der Waals surface area contributed by atoms with Gasteiger partial charge in [0.1, 0.15) is 0 Å². The Morgan fingerprint density at radius 3 is 1.93 bits per heavy atom. The van der Waals surface area contributed by atoms with Gasteiger partial charge >= 0.3 is 254 Å². The number of benzene rings is 4. The molecule has 2 aliphatic rings. The molecule has 0 saturated carbocycles. The fraction of sp³-hybridized carbons (Fsp3) is 0.282. The zero-order valence-electron chi connectivity index (χ0n) is 25.7. The minimum atomic E-state index is -0.944. The van der Waals surface area contributed by atoms with Crippen molar-refractivity contribution in [1.82, 2.24) is 0 Å². The summed E-state index contributed by atoms with van der Waals surface area (Å²) in [7, 11) is 0. The third kappa shape index (κ3) is 5.95. The first-order valence-electron chi connectivity index (χ1n) is 14.7. The van der Waals surface area contributed by atoms with Crippen molar-refractivity contribution in [3.05, 3.63) is 129 Å². The largest absolute Gasteiger partial charge is 1.00 e. The molecule has 2 atom stereocenters. The molecule has 2 aliphatic carbocycles. The van der Waals surface area contributed by atoms with Crippen LogP contribution >= 0.6 is 0 Å². The average molecular weight is 671 g/mol. The Labute approximate surface area is 277 Å². The van der Waals surface area contributed by atoms with Gasteiger partial charge in [-0.1, -0.05) is 0 Å². The third-order valence-corrected chi connectivity index (χ3v) is 13.9.